The molecule has 0 amide bonds. The summed E-state index contributed by atoms with van der Waals surface area (Å²) in [7, 11) is 0. The second-order valence-corrected chi connectivity index (χ2v) is 4.20. The van der Waals surface area contributed by atoms with Crippen LogP contribution in [0.2, 0.25) is 0 Å². The van der Waals surface area contributed by atoms with E-state index in [2.05, 4.69) is 28.9 Å². The van der Waals surface area contributed by atoms with Crippen LogP contribution < -0.4 is 4.74 Å². The Morgan fingerprint density at radius 2 is 2.07 bits per heavy atom. The number of halogens is 1. The van der Waals surface area contributed by atoms with Crippen molar-refractivity contribution in [3.8, 4) is 11.8 Å². The molecule has 0 saturated heterocycles. The summed E-state index contributed by atoms with van der Waals surface area (Å²) in [5.41, 5.74) is 1.03. The summed E-state index contributed by atoms with van der Waals surface area (Å²) in [4.78, 5) is 0. The third-order valence-corrected chi connectivity index (χ3v) is 3.11. The molecule has 0 saturated carbocycles. The fraction of sp³-hybridized carbons (Fsp3) is 0.417. The molecule has 1 aromatic rings. The highest BCUT2D eigenvalue weighted by molar-refractivity contribution is 9.09. The highest BCUT2D eigenvalue weighted by Gasteiger charge is 2.01. The van der Waals surface area contributed by atoms with Crippen molar-refractivity contribution in [1.29, 1.82) is 5.26 Å². The Balaban J connectivity index is 2.46. The molecule has 1 aromatic carbocycles. The zero-order chi connectivity index (χ0) is 11.1. The van der Waals surface area contributed by atoms with Gasteiger partial charge in [-0.1, -0.05) is 35.0 Å². The minimum Gasteiger partial charge on any atom is -0.493 e. The van der Waals surface area contributed by atoms with E-state index in [9.17, 15) is 0 Å². The summed E-state index contributed by atoms with van der Waals surface area (Å²) in [6.07, 6.45) is 0.456. The number of hydrogen-bond donors (Lipinski definition) is 0. The van der Waals surface area contributed by atoms with E-state index in [4.69, 9.17) is 10.00 Å². The van der Waals surface area contributed by atoms with E-state index in [0.29, 0.717) is 18.9 Å². The van der Waals surface area contributed by atoms with E-state index in [0.717, 1.165) is 16.6 Å². The van der Waals surface area contributed by atoms with Gasteiger partial charge in [0.25, 0.3) is 0 Å². The average Bonchev–Trinajstić information content (AvgIpc) is 2.28. The van der Waals surface area contributed by atoms with Crippen molar-refractivity contribution in [2.75, 3.05) is 11.9 Å². The molecular formula is C12H14BrNO. The molecule has 2 nitrogen and oxygen atoms in total. The van der Waals surface area contributed by atoms with Crippen LogP contribution in [0.5, 0.6) is 5.75 Å². The fourth-order valence-electron chi connectivity index (χ4n) is 1.08. The molecule has 0 aromatic heterocycles. The molecule has 1 atom stereocenters. The number of hydrogen-bond acceptors (Lipinski definition) is 2. The Labute approximate surface area is 99.0 Å². The Bertz CT molecular complexity index is 328. The van der Waals surface area contributed by atoms with Gasteiger partial charge >= 0.3 is 0 Å². The number of nitriles is 1. The Kier molecular flexibility index (Phi) is 5.20. The molecular weight excluding hydrogens is 254 g/mol. The molecule has 0 spiro atoms. The van der Waals surface area contributed by atoms with E-state index in [1.54, 1.807) is 0 Å². The number of alkyl halides is 1. The van der Waals surface area contributed by atoms with Crippen molar-refractivity contribution in [2.45, 2.75) is 13.3 Å². The minimum atomic E-state index is 0.456. The zero-order valence-corrected chi connectivity index (χ0v) is 10.3. The molecule has 3 heteroatoms. The number of nitrogens with zero attached hydrogens (tertiary/aromatic N) is 1. The van der Waals surface area contributed by atoms with Crippen LogP contribution in [0.3, 0.4) is 0 Å². The van der Waals surface area contributed by atoms with Gasteiger partial charge in [0, 0.05) is 5.33 Å². The van der Waals surface area contributed by atoms with Crippen LogP contribution >= 0.6 is 15.9 Å². The fourth-order valence-corrected chi connectivity index (χ4v) is 1.26. The Morgan fingerprint density at radius 1 is 1.40 bits per heavy atom. The largest absolute Gasteiger partial charge is 0.493 e. The summed E-state index contributed by atoms with van der Waals surface area (Å²) < 4.78 is 5.58. The molecule has 0 fully saturated rings. The molecule has 15 heavy (non-hydrogen) atoms. The van der Waals surface area contributed by atoms with Crippen LogP contribution in [0.1, 0.15) is 12.5 Å². The quantitative estimate of drug-likeness (QED) is 0.768. The first-order valence-electron chi connectivity index (χ1n) is 4.91. The van der Waals surface area contributed by atoms with Crippen LogP contribution in [0.25, 0.3) is 0 Å². The number of ether oxygens (including phenoxy) is 1. The maximum absolute atomic E-state index is 8.51. The van der Waals surface area contributed by atoms with Crippen molar-refractivity contribution in [3.05, 3.63) is 29.8 Å². The molecule has 0 bridgehead atoms. The number of rotatable bonds is 5. The summed E-state index contributed by atoms with van der Waals surface area (Å²) in [5.74, 6) is 1.37. The van der Waals surface area contributed by atoms with E-state index >= 15 is 0 Å². The van der Waals surface area contributed by atoms with E-state index in [-0.39, 0.29) is 0 Å². The molecule has 0 aliphatic carbocycles. The molecule has 1 rings (SSSR count). The standard InChI is InChI=1S/C12H14BrNO/c1-10(8-13)9-15-12-4-2-11(3-5-12)6-7-14/h2-5,10H,6,8-9H2,1H3. The van der Waals surface area contributed by atoms with Crippen LogP contribution in [-0.4, -0.2) is 11.9 Å². The molecule has 80 valence electrons. The van der Waals surface area contributed by atoms with E-state index < -0.39 is 0 Å². The summed E-state index contributed by atoms with van der Waals surface area (Å²) >= 11 is 3.40. The van der Waals surface area contributed by atoms with Gasteiger partial charge in [-0.3, -0.25) is 0 Å². The van der Waals surface area contributed by atoms with Gasteiger partial charge in [-0.15, -0.1) is 0 Å². The van der Waals surface area contributed by atoms with Gasteiger partial charge in [-0.25, -0.2) is 0 Å². The Morgan fingerprint density at radius 3 is 2.60 bits per heavy atom. The smallest absolute Gasteiger partial charge is 0.119 e. The zero-order valence-electron chi connectivity index (χ0n) is 8.74. The lowest BCUT2D eigenvalue weighted by molar-refractivity contribution is 0.274. The summed E-state index contributed by atoms with van der Waals surface area (Å²) in [6.45, 7) is 2.83. The monoisotopic (exact) mass is 267 g/mol. The second-order valence-electron chi connectivity index (χ2n) is 3.55. The lowest BCUT2D eigenvalue weighted by atomic mass is 10.2. The molecule has 0 radical (unpaired) electrons. The summed E-state index contributed by atoms with van der Waals surface area (Å²) in [5, 5.41) is 9.45. The first-order chi connectivity index (χ1) is 7.26. The molecule has 1 unspecified atom stereocenters. The maximum Gasteiger partial charge on any atom is 0.119 e. The maximum atomic E-state index is 8.51. The van der Waals surface area contributed by atoms with Crippen LogP contribution in [0.15, 0.2) is 24.3 Å². The normalized spacial score (nSPS) is 11.8. The first-order valence-corrected chi connectivity index (χ1v) is 6.03. The second kappa shape index (κ2) is 6.47. The van der Waals surface area contributed by atoms with Crippen LogP contribution in [-0.2, 0) is 6.42 Å². The van der Waals surface area contributed by atoms with Crippen molar-refractivity contribution in [2.24, 2.45) is 5.92 Å². The predicted octanol–water partition coefficient (Wildman–Crippen LogP) is 3.16. The van der Waals surface area contributed by atoms with Gasteiger partial charge < -0.3 is 4.74 Å². The topological polar surface area (TPSA) is 33.0 Å². The van der Waals surface area contributed by atoms with Gasteiger partial charge in [-0.2, -0.15) is 5.26 Å². The predicted molar refractivity (Wildman–Crippen MR) is 64.2 cm³/mol. The van der Waals surface area contributed by atoms with Crippen molar-refractivity contribution in [1.82, 2.24) is 0 Å². The highest BCUT2D eigenvalue weighted by atomic mass is 79.9. The van der Waals surface area contributed by atoms with Crippen molar-refractivity contribution in [3.63, 3.8) is 0 Å². The summed E-state index contributed by atoms with van der Waals surface area (Å²) in [6, 6.07) is 9.79. The van der Waals surface area contributed by atoms with Crippen molar-refractivity contribution >= 4 is 15.9 Å². The minimum absolute atomic E-state index is 0.456. The third kappa shape index (κ3) is 4.35. The van der Waals surface area contributed by atoms with E-state index in [1.165, 1.54) is 0 Å². The van der Waals surface area contributed by atoms with Crippen LogP contribution in [0.4, 0.5) is 0 Å². The van der Waals surface area contributed by atoms with E-state index in [1.807, 2.05) is 24.3 Å². The van der Waals surface area contributed by atoms with Crippen LogP contribution in [0, 0.1) is 17.2 Å². The first kappa shape index (κ1) is 12.1. The molecule has 0 N–H and O–H groups in total. The average molecular weight is 268 g/mol. The lowest BCUT2D eigenvalue weighted by Gasteiger charge is -2.10. The molecule has 0 heterocycles. The van der Waals surface area contributed by atoms with Gasteiger partial charge in [0.2, 0.25) is 0 Å². The SMILES string of the molecule is CC(CBr)COc1ccc(CC#N)cc1. The van der Waals surface area contributed by atoms with Gasteiger partial charge in [0.05, 0.1) is 19.1 Å². The van der Waals surface area contributed by atoms with Crippen molar-refractivity contribution < 1.29 is 4.74 Å². The Hall–Kier alpha value is -1.01. The van der Waals surface area contributed by atoms with Gasteiger partial charge in [0.15, 0.2) is 0 Å². The van der Waals surface area contributed by atoms with Gasteiger partial charge in [-0.05, 0) is 23.6 Å². The lowest BCUT2D eigenvalue weighted by Crippen LogP contribution is -2.09. The van der Waals surface area contributed by atoms with Gasteiger partial charge in [0.1, 0.15) is 5.75 Å². The third-order valence-electron chi connectivity index (χ3n) is 2.00. The highest BCUT2D eigenvalue weighted by Crippen LogP contribution is 2.13. The number of benzene rings is 1. The molecule has 0 aliphatic heterocycles. The molecule has 0 aliphatic rings.